The summed E-state index contributed by atoms with van der Waals surface area (Å²) in [6.45, 7) is 9.95. The Morgan fingerprint density at radius 1 is 0.882 bits per heavy atom. The average Bonchev–Trinajstić information content (AvgIpc) is 3.59. The first-order chi connectivity index (χ1) is 24.3. The van der Waals surface area contributed by atoms with Gasteiger partial charge >= 0.3 is 6.09 Å². The largest absolute Gasteiger partial charge is 0.444 e. The Balaban J connectivity index is 1.23. The number of benzene rings is 1. The van der Waals surface area contributed by atoms with Crippen LogP contribution in [0.2, 0.25) is 0 Å². The van der Waals surface area contributed by atoms with Gasteiger partial charge in [0.2, 0.25) is 5.91 Å². The molecule has 2 aliphatic carbocycles. The zero-order valence-electron chi connectivity index (χ0n) is 31.2. The summed E-state index contributed by atoms with van der Waals surface area (Å²) >= 11 is 0. The Hall–Kier alpha value is -3.66. The third-order valence-corrected chi connectivity index (χ3v) is 12.1. The quantitative estimate of drug-likeness (QED) is 0.361. The van der Waals surface area contributed by atoms with Gasteiger partial charge in [0.15, 0.2) is 0 Å². The maximum atomic E-state index is 14.3. The van der Waals surface area contributed by atoms with Crippen molar-refractivity contribution in [1.29, 1.82) is 0 Å². The number of aliphatic hydroxyl groups is 1. The Labute approximate surface area is 303 Å². The molecule has 6 rings (SSSR count). The van der Waals surface area contributed by atoms with Crippen molar-refractivity contribution in [3.05, 3.63) is 58.5 Å². The first-order valence-corrected chi connectivity index (χ1v) is 19.4. The fourth-order valence-corrected chi connectivity index (χ4v) is 9.22. The molecule has 2 aromatic rings. The Bertz CT molecular complexity index is 1610. The molecule has 2 atom stereocenters. The highest BCUT2D eigenvalue weighted by Gasteiger charge is 2.56. The highest BCUT2D eigenvalue weighted by atomic mass is 16.6. The molecule has 0 bridgehead atoms. The van der Waals surface area contributed by atoms with Crippen molar-refractivity contribution < 1.29 is 24.2 Å². The summed E-state index contributed by atoms with van der Waals surface area (Å²) in [5.74, 6) is 0.557. The molecular weight excluding hydrogens is 644 g/mol. The summed E-state index contributed by atoms with van der Waals surface area (Å²) in [5.41, 5.74) is -0.900. The van der Waals surface area contributed by atoms with Gasteiger partial charge in [-0.2, -0.15) is 0 Å². The SMILES string of the molecule is CC(CC1CCCCC1)C(=O)N1CCC(O)(Cn2cc(C(=O)N3CCN(C(=O)OC(C)(C)C)CC3)c(-c3ccccc3)cc2=O)C2(CCCC2)C1. The molecule has 2 saturated heterocycles. The number of rotatable bonds is 7. The van der Waals surface area contributed by atoms with Crippen LogP contribution in [0.3, 0.4) is 0 Å². The van der Waals surface area contributed by atoms with E-state index in [9.17, 15) is 24.3 Å². The van der Waals surface area contributed by atoms with Crippen molar-refractivity contribution in [1.82, 2.24) is 19.3 Å². The maximum Gasteiger partial charge on any atom is 0.410 e. The van der Waals surface area contributed by atoms with Crippen molar-refractivity contribution in [3.8, 4) is 11.1 Å². The number of hydrogen-bond donors (Lipinski definition) is 1. The molecule has 4 aliphatic rings. The molecule has 3 amide bonds. The summed E-state index contributed by atoms with van der Waals surface area (Å²) in [6.07, 6.45) is 12.4. The first-order valence-electron chi connectivity index (χ1n) is 19.4. The second kappa shape index (κ2) is 15.1. The smallest absolute Gasteiger partial charge is 0.410 e. The number of piperazine rings is 1. The summed E-state index contributed by atoms with van der Waals surface area (Å²) in [4.78, 5) is 60.0. The van der Waals surface area contributed by atoms with E-state index in [0.717, 1.165) is 37.7 Å². The van der Waals surface area contributed by atoms with Gasteiger partial charge < -0.3 is 29.1 Å². The van der Waals surface area contributed by atoms with Gasteiger partial charge in [-0.15, -0.1) is 0 Å². The average molecular weight is 703 g/mol. The molecule has 2 aliphatic heterocycles. The molecule has 0 radical (unpaired) electrons. The van der Waals surface area contributed by atoms with Crippen LogP contribution in [0.15, 0.2) is 47.4 Å². The van der Waals surface area contributed by atoms with E-state index in [1.54, 1.807) is 16.0 Å². The monoisotopic (exact) mass is 702 g/mol. The van der Waals surface area contributed by atoms with E-state index in [1.165, 1.54) is 42.7 Å². The predicted molar refractivity (Wildman–Crippen MR) is 197 cm³/mol. The van der Waals surface area contributed by atoms with Crippen molar-refractivity contribution in [2.75, 3.05) is 39.3 Å². The van der Waals surface area contributed by atoms with E-state index < -0.39 is 22.7 Å². The lowest BCUT2D eigenvalue weighted by Gasteiger charge is -2.53. The Kier molecular flexibility index (Phi) is 11.0. The molecule has 10 heteroatoms. The molecule has 1 spiro atoms. The van der Waals surface area contributed by atoms with E-state index >= 15 is 0 Å². The van der Waals surface area contributed by atoms with Crippen LogP contribution in [-0.4, -0.2) is 92.8 Å². The van der Waals surface area contributed by atoms with Crippen LogP contribution in [0, 0.1) is 17.3 Å². The highest BCUT2D eigenvalue weighted by Crippen LogP contribution is 2.52. The molecule has 1 aromatic heterocycles. The second-order valence-electron chi connectivity index (χ2n) is 16.9. The number of nitrogens with zero attached hydrogens (tertiary/aromatic N) is 4. The van der Waals surface area contributed by atoms with Crippen LogP contribution in [-0.2, 0) is 16.1 Å². The minimum atomic E-state index is -1.20. The van der Waals surface area contributed by atoms with Gasteiger partial charge in [0, 0.05) is 68.4 Å². The summed E-state index contributed by atoms with van der Waals surface area (Å²) in [6, 6.07) is 11.0. The zero-order chi connectivity index (χ0) is 36.4. The molecule has 1 aromatic carbocycles. The number of likely N-dealkylation sites (tertiary alicyclic amines) is 1. The molecule has 10 nitrogen and oxygen atoms in total. The topological polar surface area (TPSA) is 112 Å². The molecule has 1 N–H and O–H groups in total. The van der Waals surface area contributed by atoms with Gasteiger partial charge in [0.1, 0.15) is 5.60 Å². The number of carbonyl (C=O) groups excluding carboxylic acids is 3. The summed E-state index contributed by atoms with van der Waals surface area (Å²) in [5, 5.41) is 12.6. The van der Waals surface area contributed by atoms with E-state index in [2.05, 4.69) is 6.92 Å². The molecule has 2 unspecified atom stereocenters. The van der Waals surface area contributed by atoms with Gasteiger partial charge in [-0.3, -0.25) is 14.4 Å². The van der Waals surface area contributed by atoms with Crippen molar-refractivity contribution in [2.45, 2.75) is 116 Å². The maximum absolute atomic E-state index is 14.3. The normalized spacial score (nSPS) is 23.4. The van der Waals surface area contributed by atoms with Gasteiger partial charge in [-0.25, -0.2) is 4.79 Å². The third-order valence-electron chi connectivity index (χ3n) is 12.1. The van der Waals surface area contributed by atoms with Gasteiger partial charge in [-0.05, 0) is 57.9 Å². The third kappa shape index (κ3) is 8.21. The lowest BCUT2D eigenvalue weighted by Crippen LogP contribution is -2.62. The second-order valence-corrected chi connectivity index (χ2v) is 16.9. The molecular formula is C41H58N4O6. The molecule has 278 valence electrons. The fraction of sp³-hybridized carbons (Fsp3) is 0.659. The fourth-order valence-electron chi connectivity index (χ4n) is 9.22. The number of carbonyl (C=O) groups is 3. The molecule has 2 saturated carbocycles. The van der Waals surface area contributed by atoms with Crippen LogP contribution >= 0.6 is 0 Å². The Morgan fingerprint density at radius 3 is 2.18 bits per heavy atom. The molecule has 3 heterocycles. The standard InChI is InChI=1S/C41H58N4O6/c1-30(25-31-13-7-5-8-14-31)36(47)44-20-19-41(50,40(28-44)17-11-12-18-40)29-45-27-34(33(26-35(45)46)32-15-9-6-10-16-32)37(48)42-21-23-43(24-22-42)38(49)51-39(2,3)4/h6,9-10,15-16,26-27,30-31,50H,5,7-8,11-14,17-25,28-29H2,1-4H3. The van der Waals surface area contributed by atoms with Crippen molar-refractivity contribution in [3.63, 3.8) is 0 Å². The van der Waals surface area contributed by atoms with Crippen LogP contribution in [0.4, 0.5) is 4.79 Å². The van der Waals surface area contributed by atoms with Crippen LogP contribution in [0.25, 0.3) is 11.1 Å². The minimum absolute atomic E-state index is 0.0366. The minimum Gasteiger partial charge on any atom is -0.444 e. The predicted octanol–water partition coefficient (Wildman–Crippen LogP) is 6.34. The van der Waals surface area contributed by atoms with E-state index in [-0.39, 0.29) is 29.8 Å². The lowest BCUT2D eigenvalue weighted by molar-refractivity contribution is -0.163. The van der Waals surface area contributed by atoms with Gasteiger partial charge in [0.25, 0.3) is 11.5 Å². The molecule has 51 heavy (non-hydrogen) atoms. The van der Waals surface area contributed by atoms with Crippen molar-refractivity contribution in [2.24, 2.45) is 17.3 Å². The van der Waals surface area contributed by atoms with Crippen LogP contribution in [0.5, 0.6) is 0 Å². The van der Waals surface area contributed by atoms with Crippen LogP contribution in [0.1, 0.15) is 109 Å². The zero-order valence-corrected chi connectivity index (χ0v) is 31.2. The number of piperidine rings is 1. The number of pyridine rings is 1. The summed E-state index contributed by atoms with van der Waals surface area (Å²) in [7, 11) is 0. The lowest BCUT2D eigenvalue weighted by atomic mass is 9.65. The highest BCUT2D eigenvalue weighted by molar-refractivity contribution is 6.00. The summed E-state index contributed by atoms with van der Waals surface area (Å²) < 4.78 is 7.07. The van der Waals surface area contributed by atoms with E-state index in [4.69, 9.17) is 4.74 Å². The Morgan fingerprint density at radius 2 is 1.53 bits per heavy atom. The van der Waals surface area contributed by atoms with Crippen LogP contribution < -0.4 is 5.56 Å². The molecule has 4 fully saturated rings. The number of ether oxygens (including phenoxy) is 1. The number of aromatic nitrogens is 1. The first kappa shape index (κ1) is 37.1. The number of amides is 3. The van der Waals surface area contributed by atoms with Gasteiger partial charge in [0.05, 0.1) is 17.7 Å². The number of hydrogen-bond acceptors (Lipinski definition) is 6. The van der Waals surface area contributed by atoms with E-state index in [0.29, 0.717) is 62.7 Å². The van der Waals surface area contributed by atoms with E-state index in [1.807, 2.05) is 56.0 Å². The van der Waals surface area contributed by atoms with Gasteiger partial charge in [-0.1, -0.05) is 82.2 Å². The van der Waals surface area contributed by atoms with Crippen molar-refractivity contribution >= 4 is 17.9 Å².